The second kappa shape index (κ2) is 7.93. The Bertz CT molecular complexity index is 1210. The van der Waals surface area contributed by atoms with Crippen molar-refractivity contribution in [2.24, 2.45) is 34.0 Å². The molecule has 37 heavy (non-hydrogen) atoms. The number of fused-ring (bicyclic) bond motifs is 1. The summed E-state index contributed by atoms with van der Waals surface area (Å²) in [6.45, 7) is 9.71. The zero-order valence-electron chi connectivity index (χ0n) is 21.1. The highest BCUT2D eigenvalue weighted by molar-refractivity contribution is 6.16. The van der Waals surface area contributed by atoms with E-state index in [2.05, 4.69) is 30.4 Å². The largest absolute Gasteiger partial charge is 0.461 e. The van der Waals surface area contributed by atoms with Crippen molar-refractivity contribution < 1.29 is 38.1 Å². The van der Waals surface area contributed by atoms with Crippen molar-refractivity contribution in [2.45, 2.75) is 65.0 Å². The third-order valence-corrected chi connectivity index (χ3v) is 9.61. The monoisotopic (exact) mass is 510 g/mol. The summed E-state index contributed by atoms with van der Waals surface area (Å²) < 4.78 is 23.9. The number of aromatic nitrogens is 2. The van der Waals surface area contributed by atoms with Gasteiger partial charge in [-0.05, 0) is 42.6 Å². The highest BCUT2D eigenvalue weighted by atomic mass is 16.7. The van der Waals surface area contributed by atoms with Crippen LogP contribution in [0.2, 0.25) is 0 Å². The number of carbonyl (C=O) groups is 4. The lowest BCUT2D eigenvalue weighted by molar-refractivity contribution is -0.250. The lowest BCUT2D eigenvalue weighted by atomic mass is 9.43. The summed E-state index contributed by atoms with van der Waals surface area (Å²) in [4.78, 5) is 61.0. The fourth-order valence-corrected chi connectivity index (χ4v) is 8.30. The maximum Gasteiger partial charge on any atom is 0.358 e. The number of hydrogen-bond donors (Lipinski definition) is 0. The maximum atomic E-state index is 14.0. The van der Waals surface area contributed by atoms with Crippen LogP contribution in [0.25, 0.3) is 0 Å². The fraction of sp³-hybridized carbons (Fsp3) is 0.630. The fourth-order valence-electron chi connectivity index (χ4n) is 8.30. The molecule has 3 aliphatic carbocycles. The number of ketones is 1. The summed E-state index contributed by atoms with van der Waals surface area (Å²) >= 11 is 0. The summed E-state index contributed by atoms with van der Waals surface area (Å²) in [5.41, 5.74) is -2.62. The molecule has 0 aromatic carbocycles. The molecule has 2 aliphatic heterocycles. The Morgan fingerprint density at radius 2 is 1.92 bits per heavy atom. The summed E-state index contributed by atoms with van der Waals surface area (Å²) in [6, 6.07) is 0. The Morgan fingerprint density at radius 3 is 2.62 bits per heavy atom. The first-order valence-corrected chi connectivity index (χ1v) is 12.8. The van der Waals surface area contributed by atoms with Crippen molar-refractivity contribution in [2.75, 3.05) is 6.61 Å². The van der Waals surface area contributed by atoms with Crippen LogP contribution in [0.4, 0.5) is 0 Å². The Morgan fingerprint density at radius 1 is 1.14 bits per heavy atom. The van der Waals surface area contributed by atoms with Crippen LogP contribution in [-0.4, -0.2) is 58.8 Å². The zero-order chi connectivity index (χ0) is 26.3. The van der Waals surface area contributed by atoms with Crippen LogP contribution in [0.1, 0.15) is 56.9 Å². The molecule has 3 heterocycles. The van der Waals surface area contributed by atoms with E-state index in [-0.39, 0.29) is 29.2 Å². The van der Waals surface area contributed by atoms with E-state index >= 15 is 0 Å². The van der Waals surface area contributed by atoms with Crippen molar-refractivity contribution >= 4 is 23.7 Å². The van der Waals surface area contributed by atoms with Crippen LogP contribution in [0.15, 0.2) is 30.7 Å². The Balaban J connectivity index is 1.48. The summed E-state index contributed by atoms with van der Waals surface area (Å²) in [6.07, 6.45) is 4.03. The second-order valence-electron chi connectivity index (χ2n) is 11.7. The molecule has 8 atom stereocenters. The highest BCUT2D eigenvalue weighted by Gasteiger charge is 2.81. The molecule has 2 spiro atoms. The quantitative estimate of drug-likeness (QED) is 0.258. The SMILES string of the molecule is C=C1C(=O)C23C(=O)O[C@H]4CCC(C)(C)C5C(OC(C)=O)OCC54[C@@H]2CC[C@@H]1[C@H]3OC(=O)c1cnccn1. The smallest absolute Gasteiger partial charge is 0.358 e. The van der Waals surface area contributed by atoms with Crippen LogP contribution < -0.4 is 0 Å². The molecule has 3 saturated carbocycles. The molecule has 2 bridgehead atoms. The van der Waals surface area contributed by atoms with Gasteiger partial charge in [0.1, 0.15) is 12.2 Å². The molecule has 0 N–H and O–H groups in total. The molecular formula is C27H30N2O8. The Labute approximate surface area is 214 Å². The van der Waals surface area contributed by atoms with Crippen molar-refractivity contribution in [3.05, 3.63) is 36.4 Å². The van der Waals surface area contributed by atoms with Crippen molar-refractivity contribution in [1.82, 2.24) is 9.97 Å². The number of nitrogens with zero attached hydrogens (tertiary/aromatic N) is 2. The third kappa shape index (κ3) is 3.02. The van der Waals surface area contributed by atoms with Crippen LogP contribution in [-0.2, 0) is 33.3 Å². The van der Waals surface area contributed by atoms with E-state index in [0.717, 1.165) is 6.42 Å². The van der Waals surface area contributed by atoms with Gasteiger partial charge in [0, 0.05) is 36.6 Å². The lowest BCUT2D eigenvalue weighted by Gasteiger charge is -2.62. The van der Waals surface area contributed by atoms with E-state index in [0.29, 0.717) is 19.3 Å². The third-order valence-electron chi connectivity index (χ3n) is 9.61. The van der Waals surface area contributed by atoms with Gasteiger partial charge in [-0.2, -0.15) is 0 Å². The van der Waals surface area contributed by atoms with Gasteiger partial charge in [0.2, 0.25) is 6.29 Å². The number of carbonyl (C=O) groups excluding carboxylic acids is 4. The molecule has 1 aromatic rings. The van der Waals surface area contributed by atoms with Gasteiger partial charge in [-0.3, -0.25) is 19.4 Å². The van der Waals surface area contributed by atoms with Crippen molar-refractivity contribution in [3.8, 4) is 0 Å². The predicted octanol–water partition coefficient (Wildman–Crippen LogP) is 2.42. The Kier molecular flexibility index (Phi) is 5.19. The molecule has 6 rings (SSSR count). The number of ether oxygens (including phenoxy) is 4. The average molecular weight is 511 g/mol. The van der Waals surface area contributed by atoms with E-state index in [1.54, 1.807) is 0 Å². The summed E-state index contributed by atoms with van der Waals surface area (Å²) in [5.74, 6) is -3.72. The van der Waals surface area contributed by atoms with Crippen LogP contribution in [0.5, 0.6) is 0 Å². The van der Waals surface area contributed by atoms with Crippen molar-refractivity contribution in [1.29, 1.82) is 0 Å². The van der Waals surface area contributed by atoms with Crippen LogP contribution >= 0.6 is 0 Å². The highest BCUT2D eigenvalue weighted by Crippen LogP contribution is 2.71. The minimum Gasteiger partial charge on any atom is -0.461 e. The second-order valence-corrected chi connectivity index (χ2v) is 11.7. The van der Waals surface area contributed by atoms with Gasteiger partial charge in [-0.1, -0.05) is 20.4 Å². The van der Waals surface area contributed by atoms with E-state index < -0.39 is 64.9 Å². The lowest BCUT2D eigenvalue weighted by Crippen LogP contribution is -2.71. The van der Waals surface area contributed by atoms with Gasteiger partial charge >= 0.3 is 17.9 Å². The normalized spacial score (nSPS) is 41.2. The van der Waals surface area contributed by atoms with Gasteiger partial charge in [0.25, 0.3) is 0 Å². The minimum absolute atomic E-state index is 0.0190. The van der Waals surface area contributed by atoms with Gasteiger partial charge in [-0.25, -0.2) is 9.78 Å². The molecule has 5 fully saturated rings. The van der Waals surface area contributed by atoms with E-state index in [9.17, 15) is 19.2 Å². The number of esters is 3. The van der Waals surface area contributed by atoms with Gasteiger partial charge in [0.15, 0.2) is 16.9 Å². The van der Waals surface area contributed by atoms with E-state index in [4.69, 9.17) is 18.9 Å². The van der Waals surface area contributed by atoms with Crippen LogP contribution in [0, 0.1) is 34.0 Å². The molecule has 10 nitrogen and oxygen atoms in total. The molecular weight excluding hydrogens is 480 g/mol. The standard InChI is InChI=1S/C27H30N2O8/c1-13-15-5-6-17-26-12-34-23(35-14(2)30)19(26)25(3,4)8-7-18(26)36-24(33)27(17,20(13)31)21(15)37-22(32)16-11-28-9-10-29-16/h9-11,15,17-19,21,23H,1,5-8,12H2,2-4H3/t15-,17-,18-,19?,21+,23?,26?,27?/m0/s1. The van der Waals surface area contributed by atoms with Crippen molar-refractivity contribution in [3.63, 3.8) is 0 Å². The first-order valence-electron chi connectivity index (χ1n) is 12.8. The zero-order valence-corrected chi connectivity index (χ0v) is 21.1. The maximum absolute atomic E-state index is 14.0. The average Bonchev–Trinajstić information content (AvgIpc) is 3.29. The summed E-state index contributed by atoms with van der Waals surface area (Å²) in [5, 5.41) is 0. The predicted molar refractivity (Wildman–Crippen MR) is 124 cm³/mol. The van der Waals surface area contributed by atoms with Gasteiger partial charge < -0.3 is 18.9 Å². The molecule has 10 heteroatoms. The molecule has 2 saturated heterocycles. The van der Waals surface area contributed by atoms with Gasteiger partial charge in [0.05, 0.1) is 12.8 Å². The first kappa shape index (κ1) is 24.2. The molecule has 5 aliphatic rings. The Hall–Kier alpha value is -3.14. The molecule has 1 aromatic heterocycles. The topological polar surface area (TPSA) is 131 Å². The molecule has 0 amide bonds. The van der Waals surface area contributed by atoms with Gasteiger partial charge in [-0.15, -0.1) is 0 Å². The summed E-state index contributed by atoms with van der Waals surface area (Å²) in [7, 11) is 0. The van der Waals surface area contributed by atoms with E-state index in [1.807, 2.05) is 0 Å². The minimum atomic E-state index is -1.74. The number of hydrogen-bond acceptors (Lipinski definition) is 10. The van der Waals surface area contributed by atoms with E-state index in [1.165, 1.54) is 25.5 Å². The number of rotatable bonds is 3. The first-order chi connectivity index (χ1) is 17.5. The molecule has 0 radical (unpaired) electrons. The molecule has 196 valence electrons. The number of Topliss-reactive ketones (excluding diaryl/α,β-unsaturated/α-hetero) is 1. The molecule has 4 unspecified atom stereocenters. The van der Waals surface area contributed by atoms with Crippen LogP contribution in [0.3, 0.4) is 0 Å².